The Morgan fingerprint density at radius 2 is 2.29 bits per heavy atom. The van der Waals surface area contributed by atoms with E-state index in [0.717, 1.165) is 15.6 Å². The van der Waals surface area contributed by atoms with Crippen LogP contribution in [-0.4, -0.2) is 15.9 Å². The van der Waals surface area contributed by atoms with Crippen molar-refractivity contribution in [2.24, 2.45) is 0 Å². The van der Waals surface area contributed by atoms with E-state index < -0.39 is 0 Å². The van der Waals surface area contributed by atoms with Crippen molar-refractivity contribution < 1.29 is 9.21 Å². The Kier molecular flexibility index (Phi) is 3.23. The number of carbonyl (C=O) groups is 1. The SMILES string of the molecule is Cc1nc([C@H](C)NC(=O)c2cnco2)c(C)s1. The van der Waals surface area contributed by atoms with Gasteiger partial charge < -0.3 is 9.73 Å². The van der Waals surface area contributed by atoms with Crippen molar-refractivity contribution in [2.45, 2.75) is 26.8 Å². The number of carbonyl (C=O) groups excluding carboxylic acids is 1. The van der Waals surface area contributed by atoms with Crippen LogP contribution in [0.1, 0.15) is 39.1 Å². The second-order valence-corrected chi connectivity index (χ2v) is 5.14. The zero-order chi connectivity index (χ0) is 12.4. The molecule has 0 aliphatic rings. The van der Waals surface area contributed by atoms with Gasteiger partial charge in [-0.2, -0.15) is 0 Å². The molecule has 5 nitrogen and oxygen atoms in total. The maximum Gasteiger partial charge on any atom is 0.289 e. The molecule has 0 aliphatic carbocycles. The Labute approximate surface area is 103 Å². The fourth-order valence-electron chi connectivity index (χ4n) is 1.61. The minimum atomic E-state index is -0.278. The van der Waals surface area contributed by atoms with Gasteiger partial charge in [0.1, 0.15) is 0 Å². The number of aryl methyl sites for hydroxylation is 2. The summed E-state index contributed by atoms with van der Waals surface area (Å²) < 4.78 is 4.93. The van der Waals surface area contributed by atoms with E-state index in [9.17, 15) is 4.79 Å². The maximum absolute atomic E-state index is 11.7. The third-order valence-electron chi connectivity index (χ3n) is 2.35. The quantitative estimate of drug-likeness (QED) is 0.908. The lowest BCUT2D eigenvalue weighted by Gasteiger charge is -2.11. The monoisotopic (exact) mass is 251 g/mol. The summed E-state index contributed by atoms with van der Waals surface area (Å²) in [5.74, 6) is -0.0680. The van der Waals surface area contributed by atoms with Crippen LogP contribution in [0.3, 0.4) is 0 Å². The summed E-state index contributed by atoms with van der Waals surface area (Å²) in [6.45, 7) is 5.85. The predicted molar refractivity (Wildman–Crippen MR) is 64.0 cm³/mol. The van der Waals surface area contributed by atoms with Crippen LogP contribution >= 0.6 is 11.3 Å². The van der Waals surface area contributed by atoms with Crippen LogP contribution in [0.25, 0.3) is 0 Å². The number of amides is 1. The molecule has 2 aromatic heterocycles. The summed E-state index contributed by atoms with van der Waals surface area (Å²) >= 11 is 1.62. The van der Waals surface area contributed by atoms with Gasteiger partial charge in [0.25, 0.3) is 5.91 Å². The smallest absolute Gasteiger partial charge is 0.289 e. The molecule has 0 spiro atoms. The standard InChI is InChI=1S/C11H13N3O2S/c1-6(10-7(2)17-8(3)14-10)13-11(15)9-4-12-5-16-9/h4-6H,1-3H3,(H,13,15)/t6-/m0/s1. The highest BCUT2D eigenvalue weighted by Gasteiger charge is 2.17. The first-order valence-corrected chi connectivity index (χ1v) is 6.03. The molecule has 0 saturated carbocycles. The van der Waals surface area contributed by atoms with Crippen LogP contribution in [0.2, 0.25) is 0 Å². The molecular weight excluding hydrogens is 238 g/mol. The molecule has 90 valence electrons. The van der Waals surface area contributed by atoms with Gasteiger partial charge in [-0.25, -0.2) is 9.97 Å². The number of thiazole rings is 1. The minimum Gasteiger partial charge on any atom is -0.438 e. The molecule has 2 heterocycles. The third kappa shape index (κ3) is 2.52. The van der Waals surface area contributed by atoms with E-state index in [0.29, 0.717) is 0 Å². The van der Waals surface area contributed by atoms with Gasteiger partial charge in [0, 0.05) is 4.88 Å². The van der Waals surface area contributed by atoms with E-state index in [1.165, 1.54) is 12.6 Å². The van der Waals surface area contributed by atoms with Gasteiger partial charge in [-0.1, -0.05) is 0 Å². The molecule has 0 unspecified atom stereocenters. The van der Waals surface area contributed by atoms with Gasteiger partial charge in [-0.15, -0.1) is 11.3 Å². The summed E-state index contributed by atoms with van der Waals surface area (Å²) in [6.07, 6.45) is 2.62. The van der Waals surface area contributed by atoms with E-state index in [-0.39, 0.29) is 17.7 Å². The number of hydrogen-bond acceptors (Lipinski definition) is 5. The Morgan fingerprint density at radius 3 is 2.82 bits per heavy atom. The first kappa shape index (κ1) is 11.8. The van der Waals surface area contributed by atoms with Gasteiger partial charge >= 0.3 is 0 Å². The second-order valence-electron chi connectivity index (χ2n) is 3.74. The van der Waals surface area contributed by atoms with Gasteiger partial charge in [0.2, 0.25) is 5.76 Å². The fourth-order valence-corrected chi connectivity index (χ4v) is 2.52. The van der Waals surface area contributed by atoms with Crippen LogP contribution in [0.4, 0.5) is 0 Å². The van der Waals surface area contributed by atoms with Crippen LogP contribution in [-0.2, 0) is 0 Å². The molecule has 0 saturated heterocycles. The van der Waals surface area contributed by atoms with Crippen molar-refractivity contribution in [3.63, 3.8) is 0 Å². The average molecular weight is 251 g/mol. The second kappa shape index (κ2) is 4.67. The molecule has 0 bridgehead atoms. The Balaban J connectivity index is 2.09. The highest BCUT2D eigenvalue weighted by Crippen LogP contribution is 2.22. The van der Waals surface area contributed by atoms with E-state index in [1.807, 2.05) is 20.8 Å². The van der Waals surface area contributed by atoms with Gasteiger partial charge in [0.15, 0.2) is 6.39 Å². The van der Waals surface area contributed by atoms with Crippen LogP contribution in [0, 0.1) is 13.8 Å². The van der Waals surface area contributed by atoms with Gasteiger partial charge in [-0.05, 0) is 20.8 Å². The first-order chi connectivity index (χ1) is 8.08. The topological polar surface area (TPSA) is 68.0 Å². The third-order valence-corrected chi connectivity index (χ3v) is 3.26. The summed E-state index contributed by atoms with van der Waals surface area (Å²) in [4.78, 5) is 21.0. The van der Waals surface area contributed by atoms with E-state index in [1.54, 1.807) is 11.3 Å². The molecule has 0 fully saturated rings. The van der Waals surface area contributed by atoms with Crippen LogP contribution in [0.5, 0.6) is 0 Å². The molecule has 2 rings (SSSR count). The largest absolute Gasteiger partial charge is 0.438 e. The van der Waals surface area contributed by atoms with E-state index in [4.69, 9.17) is 4.42 Å². The summed E-state index contributed by atoms with van der Waals surface area (Å²) in [6, 6.07) is -0.141. The molecular formula is C11H13N3O2S. The Morgan fingerprint density at radius 1 is 1.53 bits per heavy atom. The van der Waals surface area contributed by atoms with Gasteiger partial charge in [0.05, 0.1) is 22.9 Å². The maximum atomic E-state index is 11.7. The van der Waals surface area contributed by atoms with Crippen molar-refractivity contribution in [1.82, 2.24) is 15.3 Å². The molecule has 6 heteroatoms. The highest BCUT2D eigenvalue weighted by atomic mass is 32.1. The summed E-state index contributed by atoms with van der Waals surface area (Å²) in [5, 5.41) is 3.82. The molecule has 1 atom stereocenters. The number of rotatable bonds is 3. The predicted octanol–water partition coefficient (Wildman–Crippen LogP) is 2.24. The van der Waals surface area contributed by atoms with Crippen molar-refractivity contribution in [1.29, 1.82) is 0 Å². The summed E-state index contributed by atoms with van der Waals surface area (Å²) in [7, 11) is 0. The normalized spacial score (nSPS) is 12.4. The lowest BCUT2D eigenvalue weighted by atomic mass is 10.2. The average Bonchev–Trinajstić information content (AvgIpc) is 2.87. The summed E-state index contributed by atoms with van der Waals surface area (Å²) in [5.41, 5.74) is 0.903. The van der Waals surface area contributed by atoms with Crippen molar-refractivity contribution in [3.8, 4) is 0 Å². The molecule has 0 aromatic carbocycles. The van der Waals surface area contributed by atoms with E-state index in [2.05, 4.69) is 15.3 Å². The Hall–Kier alpha value is -1.69. The molecule has 1 amide bonds. The Bertz CT molecular complexity index is 519. The number of nitrogens with one attached hydrogen (secondary N) is 1. The number of hydrogen-bond donors (Lipinski definition) is 1. The van der Waals surface area contributed by atoms with E-state index >= 15 is 0 Å². The zero-order valence-electron chi connectivity index (χ0n) is 9.85. The lowest BCUT2D eigenvalue weighted by Crippen LogP contribution is -2.26. The molecule has 1 N–H and O–H groups in total. The van der Waals surface area contributed by atoms with Crippen molar-refractivity contribution in [2.75, 3.05) is 0 Å². The first-order valence-electron chi connectivity index (χ1n) is 5.21. The highest BCUT2D eigenvalue weighted by molar-refractivity contribution is 7.11. The van der Waals surface area contributed by atoms with Crippen LogP contribution < -0.4 is 5.32 Å². The zero-order valence-corrected chi connectivity index (χ0v) is 10.7. The molecule has 17 heavy (non-hydrogen) atoms. The molecule has 0 radical (unpaired) electrons. The van der Waals surface area contributed by atoms with Gasteiger partial charge in [-0.3, -0.25) is 4.79 Å². The minimum absolute atomic E-state index is 0.141. The number of nitrogens with zero attached hydrogens (tertiary/aromatic N) is 2. The van der Waals surface area contributed by atoms with Crippen LogP contribution in [0.15, 0.2) is 17.0 Å². The van der Waals surface area contributed by atoms with Crippen molar-refractivity contribution in [3.05, 3.63) is 33.9 Å². The number of oxazole rings is 1. The number of aromatic nitrogens is 2. The van der Waals surface area contributed by atoms with Crippen molar-refractivity contribution >= 4 is 17.2 Å². The fraction of sp³-hybridized carbons (Fsp3) is 0.364. The lowest BCUT2D eigenvalue weighted by molar-refractivity contribution is 0.0911. The molecule has 0 aliphatic heterocycles. The molecule has 2 aromatic rings.